The second kappa shape index (κ2) is 6.32. The molecular formula is C14H23N3O2. The number of hydrogen-bond donors (Lipinski definition) is 2. The molecule has 5 nitrogen and oxygen atoms in total. The third-order valence-corrected chi connectivity index (χ3v) is 3.69. The number of anilines is 1. The van der Waals surface area contributed by atoms with E-state index in [2.05, 4.69) is 35.1 Å². The average Bonchev–Trinajstić information content (AvgIpc) is 2.47. The van der Waals surface area contributed by atoms with Crippen LogP contribution in [0.4, 0.5) is 5.69 Å². The molecule has 1 aliphatic heterocycles. The van der Waals surface area contributed by atoms with Crippen LogP contribution in [0.5, 0.6) is 0 Å². The fraction of sp³-hybridized carbons (Fsp3) is 0.643. The molecule has 0 spiro atoms. The van der Waals surface area contributed by atoms with Gasteiger partial charge in [0.1, 0.15) is 0 Å². The molecule has 1 aromatic rings. The minimum absolute atomic E-state index is 0.0610. The Hall–Kier alpha value is -1.17. The van der Waals surface area contributed by atoms with Crippen LogP contribution in [0.2, 0.25) is 0 Å². The predicted octanol–water partition coefficient (Wildman–Crippen LogP) is 0.948. The summed E-state index contributed by atoms with van der Waals surface area (Å²) in [6, 6.07) is 4.69. The normalized spacial score (nSPS) is 25.4. The lowest BCUT2D eigenvalue weighted by Crippen LogP contribution is -2.49. The van der Waals surface area contributed by atoms with Gasteiger partial charge in [0.25, 0.3) is 0 Å². The van der Waals surface area contributed by atoms with E-state index < -0.39 is 0 Å². The van der Waals surface area contributed by atoms with Crippen LogP contribution in [0.25, 0.3) is 0 Å². The summed E-state index contributed by atoms with van der Waals surface area (Å²) in [6.07, 6.45) is 1.80. The smallest absolute Gasteiger partial charge is 0.0981 e. The van der Waals surface area contributed by atoms with Crippen LogP contribution in [0.3, 0.4) is 0 Å². The van der Waals surface area contributed by atoms with E-state index in [0.717, 1.165) is 11.4 Å². The van der Waals surface area contributed by atoms with Gasteiger partial charge in [-0.1, -0.05) is 0 Å². The summed E-state index contributed by atoms with van der Waals surface area (Å²) in [4.78, 5) is 6.74. The fourth-order valence-electron chi connectivity index (χ4n) is 2.26. The summed E-state index contributed by atoms with van der Waals surface area (Å²) < 4.78 is 5.55. The standard InChI is InChI=1S/C14H23N3O2/c1-10-9-19-13(8-18)7-17(10)12-4-5-14(16-6-12)11(2)15-3/h4-6,10-11,13,15,18H,7-9H2,1-3H3. The van der Waals surface area contributed by atoms with Crippen LogP contribution in [-0.2, 0) is 4.74 Å². The van der Waals surface area contributed by atoms with Crippen LogP contribution < -0.4 is 10.2 Å². The van der Waals surface area contributed by atoms with Gasteiger partial charge in [0.15, 0.2) is 0 Å². The molecule has 0 saturated carbocycles. The molecule has 0 aliphatic carbocycles. The summed E-state index contributed by atoms with van der Waals surface area (Å²) in [6.45, 7) is 5.62. The van der Waals surface area contributed by atoms with Crippen molar-refractivity contribution >= 4 is 5.69 Å². The maximum atomic E-state index is 9.22. The van der Waals surface area contributed by atoms with Crippen molar-refractivity contribution in [3.63, 3.8) is 0 Å². The van der Waals surface area contributed by atoms with Crippen LogP contribution in [0.15, 0.2) is 18.3 Å². The zero-order valence-corrected chi connectivity index (χ0v) is 11.8. The van der Waals surface area contributed by atoms with Crippen LogP contribution >= 0.6 is 0 Å². The number of nitrogens with one attached hydrogen (secondary N) is 1. The van der Waals surface area contributed by atoms with Gasteiger partial charge < -0.3 is 20.1 Å². The molecule has 1 saturated heterocycles. The second-order valence-electron chi connectivity index (χ2n) is 5.09. The van der Waals surface area contributed by atoms with E-state index in [9.17, 15) is 5.11 Å². The molecule has 5 heteroatoms. The molecule has 0 amide bonds. The lowest BCUT2D eigenvalue weighted by molar-refractivity contribution is -0.0103. The Balaban J connectivity index is 2.11. The minimum Gasteiger partial charge on any atom is -0.394 e. The molecule has 1 aliphatic rings. The van der Waals surface area contributed by atoms with Gasteiger partial charge in [-0.2, -0.15) is 0 Å². The highest BCUT2D eigenvalue weighted by molar-refractivity contribution is 5.46. The number of pyridine rings is 1. The SMILES string of the molecule is CNC(C)c1ccc(N2CC(CO)OCC2C)cn1. The molecule has 0 radical (unpaired) electrons. The average molecular weight is 265 g/mol. The van der Waals surface area contributed by atoms with Crippen molar-refractivity contribution in [2.45, 2.75) is 32.0 Å². The van der Waals surface area contributed by atoms with Gasteiger partial charge in [-0.05, 0) is 33.0 Å². The Morgan fingerprint density at radius 1 is 1.58 bits per heavy atom. The van der Waals surface area contributed by atoms with E-state index in [-0.39, 0.29) is 18.8 Å². The number of hydrogen-bond acceptors (Lipinski definition) is 5. The van der Waals surface area contributed by atoms with E-state index in [0.29, 0.717) is 19.2 Å². The number of rotatable bonds is 4. The molecule has 2 N–H and O–H groups in total. The lowest BCUT2D eigenvalue weighted by atomic mass is 10.1. The van der Waals surface area contributed by atoms with Gasteiger partial charge in [0.2, 0.25) is 0 Å². The molecule has 0 bridgehead atoms. The number of aliphatic hydroxyl groups is 1. The molecule has 1 aromatic heterocycles. The molecule has 19 heavy (non-hydrogen) atoms. The highest BCUT2D eigenvalue weighted by Crippen LogP contribution is 2.22. The first-order chi connectivity index (χ1) is 9.15. The molecule has 3 atom stereocenters. The maximum Gasteiger partial charge on any atom is 0.0981 e. The van der Waals surface area contributed by atoms with Gasteiger partial charge >= 0.3 is 0 Å². The molecular weight excluding hydrogens is 242 g/mol. The molecule has 2 heterocycles. The third kappa shape index (κ3) is 3.23. The summed E-state index contributed by atoms with van der Waals surface area (Å²) in [5.41, 5.74) is 2.12. The molecule has 2 rings (SSSR count). The first kappa shape index (κ1) is 14.2. The number of aromatic nitrogens is 1. The second-order valence-corrected chi connectivity index (χ2v) is 5.09. The van der Waals surface area contributed by atoms with Crippen LogP contribution in [0, 0.1) is 0 Å². The van der Waals surface area contributed by atoms with Gasteiger partial charge in [-0.3, -0.25) is 4.98 Å². The molecule has 106 valence electrons. The van der Waals surface area contributed by atoms with E-state index in [1.807, 2.05) is 19.3 Å². The van der Waals surface area contributed by atoms with E-state index in [4.69, 9.17) is 4.74 Å². The zero-order valence-electron chi connectivity index (χ0n) is 11.8. The first-order valence-corrected chi connectivity index (χ1v) is 6.78. The summed E-state index contributed by atoms with van der Waals surface area (Å²) in [5, 5.41) is 12.4. The lowest BCUT2D eigenvalue weighted by Gasteiger charge is -2.39. The zero-order chi connectivity index (χ0) is 13.8. The largest absolute Gasteiger partial charge is 0.394 e. The van der Waals surface area contributed by atoms with Crippen molar-refractivity contribution in [1.82, 2.24) is 10.3 Å². The Bertz CT molecular complexity index is 396. The highest BCUT2D eigenvalue weighted by Gasteiger charge is 2.26. The van der Waals surface area contributed by atoms with E-state index in [1.165, 1.54) is 0 Å². The molecule has 1 fully saturated rings. The highest BCUT2D eigenvalue weighted by atomic mass is 16.5. The first-order valence-electron chi connectivity index (χ1n) is 6.78. The van der Waals surface area contributed by atoms with Crippen molar-refractivity contribution in [2.75, 3.05) is 31.7 Å². The van der Waals surface area contributed by atoms with Gasteiger partial charge in [-0.15, -0.1) is 0 Å². The van der Waals surface area contributed by atoms with Crippen molar-refractivity contribution in [1.29, 1.82) is 0 Å². The number of ether oxygens (including phenoxy) is 1. The van der Waals surface area contributed by atoms with E-state index in [1.54, 1.807) is 0 Å². The Labute approximate surface area is 114 Å². The minimum atomic E-state index is -0.105. The van der Waals surface area contributed by atoms with Crippen LogP contribution in [0.1, 0.15) is 25.6 Å². The Morgan fingerprint density at radius 2 is 2.37 bits per heavy atom. The third-order valence-electron chi connectivity index (χ3n) is 3.69. The quantitative estimate of drug-likeness (QED) is 0.849. The Kier molecular flexibility index (Phi) is 4.74. The van der Waals surface area contributed by atoms with Crippen molar-refractivity contribution in [3.8, 4) is 0 Å². The predicted molar refractivity (Wildman–Crippen MR) is 75.3 cm³/mol. The monoisotopic (exact) mass is 265 g/mol. The van der Waals surface area contributed by atoms with Crippen molar-refractivity contribution < 1.29 is 9.84 Å². The van der Waals surface area contributed by atoms with E-state index >= 15 is 0 Å². The summed E-state index contributed by atoms with van der Waals surface area (Å²) in [5.74, 6) is 0. The summed E-state index contributed by atoms with van der Waals surface area (Å²) >= 11 is 0. The van der Waals surface area contributed by atoms with Crippen molar-refractivity contribution in [3.05, 3.63) is 24.0 Å². The number of morpholine rings is 1. The van der Waals surface area contributed by atoms with Gasteiger partial charge in [-0.25, -0.2) is 0 Å². The van der Waals surface area contributed by atoms with Crippen molar-refractivity contribution in [2.24, 2.45) is 0 Å². The van der Waals surface area contributed by atoms with Gasteiger partial charge in [0.05, 0.1) is 36.9 Å². The topological polar surface area (TPSA) is 57.6 Å². The fourth-order valence-corrected chi connectivity index (χ4v) is 2.26. The van der Waals surface area contributed by atoms with Crippen LogP contribution in [-0.4, -0.2) is 49.0 Å². The summed E-state index contributed by atoms with van der Waals surface area (Å²) in [7, 11) is 1.93. The maximum absolute atomic E-state index is 9.22. The van der Waals surface area contributed by atoms with Gasteiger partial charge in [0, 0.05) is 18.6 Å². The number of aliphatic hydroxyl groups excluding tert-OH is 1. The Morgan fingerprint density at radius 3 is 2.95 bits per heavy atom. The molecule has 3 unspecified atom stereocenters. The number of nitrogens with zero attached hydrogens (tertiary/aromatic N) is 2. The molecule has 0 aromatic carbocycles.